The van der Waals surface area contributed by atoms with Gasteiger partial charge in [-0.2, -0.15) is 0 Å². The van der Waals surface area contributed by atoms with E-state index in [0.29, 0.717) is 24.0 Å². The van der Waals surface area contributed by atoms with Gasteiger partial charge < -0.3 is 14.6 Å². The summed E-state index contributed by atoms with van der Waals surface area (Å²) in [4.78, 5) is 2.46. The second kappa shape index (κ2) is 9.94. The van der Waals surface area contributed by atoms with Crippen LogP contribution in [0, 0.1) is 17.6 Å². The van der Waals surface area contributed by atoms with Gasteiger partial charge in [0.1, 0.15) is 30.0 Å². The van der Waals surface area contributed by atoms with Crippen LogP contribution in [-0.2, 0) is 0 Å². The van der Waals surface area contributed by atoms with Crippen molar-refractivity contribution in [2.45, 2.75) is 39.3 Å². The zero-order valence-electron chi connectivity index (χ0n) is 20.8. The van der Waals surface area contributed by atoms with E-state index in [9.17, 15) is 13.9 Å². The lowest BCUT2D eigenvalue weighted by Gasteiger charge is -2.31. The van der Waals surface area contributed by atoms with E-state index in [1.165, 1.54) is 12.5 Å². The number of fused-ring (bicyclic) bond motifs is 1. The molecule has 1 fully saturated rings. The van der Waals surface area contributed by atoms with E-state index in [1.807, 2.05) is 31.2 Å². The highest BCUT2D eigenvalue weighted by atomic mass is 19.2. The van der Waals surface area contributed by atoms with Crippen LogP contribution in [0.15, 0.2) is 60.7 Å². The molecule has 4 nitrogen and oxygen atoms in total. The SMILES string of the molecule is CC1=C(c2ccc(F)c(F)c2)C(c2ccc(OC[C@H](C)N3CC[C@@H](C)C3)cc2)Oc2ccc(O)cc21. The van der Waals surface area contributed by atoms with Crippen LogP contribution in [-0.4, -0.2) is 35.7 Å². The van der Waals surface area contributed by atoms with Gasteiger partial charge in [-0.3, -0.25) is 4.90 Å². The molecule has 0 aromatic heterocycles. The lowest BCUT2D eigenvalue weighted by molar-refractivity contribution is 0.169. The predicted octanol–water partition coefficient (Wildman–Crippen LogP) is 6.84. The number of ether oxygens (including phenoxy) is 2. The largest absolute Gasteiger partial charge is 0.508 e. The third-order valence-corrected chi connectivity index (χ3v) is 7.26. The molecule has 0 bridgehead atoms. The zero-order chi connectivity index (χ0) is 25.4. The molecule has 0 radical (unpaired) electrons. The molecule has 1 unspecified atom stereocenters. The number of benzene rings is 3. The molecule has 3 aromatic carbocycles. The molecule has 0 spiro atoms. The molecule has 1 saturated heterocycles. The molecule has 2 aliphatic heterocycles. The summed E-state index contributed by atoms with van der Waals surface area (Å²) in [6.45, 7) is 9.22. The van der Waals surface area contributed by atoms with Crippen molar-refractivity contribution in [1.29, 1.82) is 0 Å². The maximum Gasteiger partial charge on any atom is 0.159 e. The molecule has 2 heterocycles. The minimum Gasteiger partial charge on any atom is -0.508 e. The van der Waals surface area contributed by atoms with E-state index in [1.54, 1.807) is 24.3 Å². The first-order valence-electron chi connectivity index (χ1n) is 12.4. The Hall–Kier alpha value is -3.38. The Morgan fingerprint density at radius 2 is 1.83 bits per heavy atom. The van der Waals surface area contributed by atoms with Gasteiger partial charge in [-0.05, 0) is 91.9 Å². The lowest BCUT2D eigenvalue weighted by Crippen LogP contribution is -2.35. The molecule has 0 aliphatic carbocycles. The van der Waals surface area contributed by atoms with Crippen molar-refractivity contribution >= 4 is 11.1 Å². The van der Waals surface area contributed by atoms with Gasteiger partial charge in [0.05, 0.1) is 0 Å². The van der Waals surface area contributed by atoms with Crippen LogP contribution in [0.1, 0.15) is 50.0 Å². The van der Waals surface area contributed by atoms with Gasteiger partial charge >= 0.3 is 0 Å². The number of hydrogen-bond acceptors (Lipinski definition) is 4. The Bertz CT molecular complexity index is 1290. The molecule has 5 rings (SSSR count). The van der Waals surface area contributed by atoms with Crippen LogP contribution in [0.25, 0.3) is 11.1 Å². The van der Waals surface area contributed by atoms with E-state index < -0.39 is 17.7 Å². The summed E-state index contributed by atoms with van der Waals surface area (Å²) >= 11 is 0. The average molecular weight is 492 g/mol. The van der Waals surface area contributed by atoms with Gasteiger partial charge in [0.15, 0.2) is 11.6 Å². The highest BCUT2D eigenvalue weighted by molar-refractivity contribution is 5.95. The van der Waals surface area contributed by atoms with Crippen LogP contribution in [0.5, 0.6) is 17.2 Å². The Balaban J connectivity index is 1.42. The number of rotatable bonds is 6. The summed E-state index contributed by atoms with van der Waals surface area (Å²) in [5.41, 5.74) is 3.66. The smallest absolute Gasteiger partial charge is 0.159 e. The molecule has 1 N–H and O–H groups in total. The molecule has 2 aliphatic rings. The van der Waals surface area contributed by atoms with E-state index in [4.69, 9.17) is 9.47 Å². The number of halogens is 2. The zero-order valence-corrected chi connectivity index (χ0v) is 20.8. The molecule has 36 heavy (non-hydrogen) atoms. The Labute approximate surface area is 210 Å². The number of aromatic hydroxyl groups is 1. The first-order valence-corrected chi connectivity index (χ1v) is 12.4. The van der Waals surface area contributed by atoms with Crippen molar-refractivity contribution in [3.05, 3.63) is 89.0 Å². The monoisotopic (exact) mass is 491 g/mol. The Morgan fingerprint density at radius 1 is 1.06 bits per heavy atom. The summed E-state index contributed by atoms with van der Waals surface area (Å²) in [6, 6.07) is 16.9. The van der Waals surface area contributed by atoms with Gasteiger partial charge in [0.2, 0.25) is 0 Å². The van der Waals surface area contributed by atoms with Crippen LogP contribution in [0.2, 0.25) is 0 Å². The number of likely N-dealkylation sites (tertiary alicyclic amines) is 1. The van der Waals surface area contributed by atoms with Crippen molar-refractivity contribution in [1.82, 2.24) is 4.90 Å². The van der Waals surface area contributed by atoms with Crippen LogP contribution in [0.4, 0.5) is 8.78 Å². The molecular weight excluding hydrogens is 460 g/mol. The number of allylic oxidation sites excluding steroid dienone is 1. The maximum absolute atomic E-state index is 14.2. The fourth-order valence-corrected chi connectivity index (χ4v) is 5.14. The first-order chi connectivity index (χ1) is 17.3. The Morgan fingerprint density at radius 3 is 2.53 bits per heavy atom. The second-order valence-electron chi connectivity index (χ2n) is 9.96. The highest BCUT2D eigenvalue weighted by Gasteiger charge is 2.30. The highest BCUT2D eigenvalue weighted by Crippen LogP contribution is 2.47. The standard InChI is InChI=1S/C30H31F2NO3/c1-18-12-13-33(16-18)19(2)17-35-24-8-4-21(5-9-24)30-29(22-6-10-26(31)27(32)14-22)20(3)25-15-23(34)7-11-28(25)36-30/h4-11,14-15,18-19,30,34H,12-13,16-17H2,1-3H3/t18-,19+,30?/m1/s1. The second-order valence-corrected chi connectivity index (χ2v) is 9.96. The number of phenolic OH excluding ortho intramolecular Hbond substituents is 1. The van der Waals surface area contributed by atoms with E-state index in [-0.39, 0.29) is 5.75 Å². The number of phenols is 1. The average Bonchev–Trinajstić information content (AvgIpc) is 3.31. The summed E-state index contributed by atoms with van der Waals surface area (Å²) in [5, 5.41) is 10.0. The molecule has 0 amide bonds. The molecule has 188 valence electrons. The third-order valence-electron chi connectivity index (χ3n) is 7.26. The van der Waals surface area contributed by atoms with Crippen molar-refractivity contribution in [2.24, 2.45) is 5.92 Å². The lowest BCUT2D eigenvalue weighted by atomic mass is 9.86. The summed E-state index contributed by atoms with van der Waals surface area (Å²) in [5.74, 6) is 0.418. The minimum absolute atomic E-state index is 0.110. The minimum atomic E-state index is -0.918. The van der Waals surface area contributed by atoms with Gasteiger partial charge in [-0.1, -0.05) is 25.1 Å². The van der Waals surface area contributed by atoms with Gasteiger partial charge in [-0.25, -0.2) is 8.78 Å². The van der Waals surface area contributed by atoms with E-state index in [2.05, 4.69) is 18.7 Å². The van der Waals surface area contributed by atoms with Gasteiger partial charge in [0.25, 0.3) is 0 Å². The normalized spacial score (nSPS) is 20.7. The van der Waals surface area contributed by atoms with Crippen LogP contribution < -0.4 is 9.47 Å². The predicted molar refractivity (Wildman–Crippen MR) is 137 cm³/mol. The summed E-state index contributed by atoms with van der Waals surface area (Å²) in [7, 11) is 0. The Kier molecular flexibility index (Phi) is 6.71. The molecule has 0 saturated carbocycles. The summed E-state index contributed by atoms with van der Waals surface area (Å²) < 4.78 is 40.3. The fourth-order valence-electron chi connectivity index (χ4n) is 5.14. The van der Waals surface area contributed by atoms with Crippen molar-refractivity contribution in [2.75, 3.05) is 19.7 Å². The van der Waals surface area contributed by atoms with E-state index in [0.717, 1.165) is 53.1 Å². The molecule has 3 atom stereocenters. The van der Waals surface area contributed by atoms with Crippen molar-refractivity contribution in [3.8, 4) is 17.2 Å². The fraction of sp³-hybridized carbons (Fsp3) is 0.333. The number of hydrogen-bond donors (Lipinski definition) is 1. The van der Waals surface area contributed by atoms with Gasteiger partial charge in [0, 0.05) is 23.7 Å². The maximum atomic E-state index is 14.2. The van der Waals surface area contributed by atoms with Crippen molar-refractivity contribution < 1.29 is 23.4 Å². The van der Waals surface area contributed by atoms with Crippen molar-refractivity contribution in [3.63, 3.8) is 0 Å². The molecule has 6 heteroatoms. The summed E-state index contributed by atoms with van der Waals surface area (Å²) in [6.07, 6.45) is 0.696. The number of nitrogens with zero attached hydrogens (tertiary/aromatic N) is 1. The van der Waals surface area contributed by atoms with Crippen LogP contribution >= 0.6 is 0 Å². The van der Waals surface area contributed by atoms with E-state index >= 15 is 0 Å². The first kappa shape index (κ1) is 24.3. The third kappa shape index (κ3) is 4.82. The topological polar surface area (TPSA) is 41.9 Å². The molecular formula is C30H31F2NO3. The molecule has 3 aromatic rings. The van der Waals surface area contributed by atoms with Crippen LogP contribution in [0.3, 0.4) is 0 Å². The van der Waals surface area contributed by atoms with Gasteiger partial charge in [-0.15, -0.1) is 0 Å². The quantitative estimate of drug-likeness (QED) is 0.410.